The van der Waals surface area contributed by atoms with Crippen LogP contribution in [0.3, 0.4) is 0 Å². The van der Waals surface area contributed by atoms with Gasteiger partial charge in [-0.05, 0) is 29.6 Å². The average Bonchev–Trinajstić information content (AvgIpc) is 3.42. The number of carbonyl (C=O) groups is 1. The molecule has 0 aliphatic rings. The van der Waals surface area contributed by atoms with Crippen LogP contribution in [0.1, 0.15) is 10.5 Å². The zero-order chi connectivity index (χ0) is 17.8. The maximum atomic E-state index is 12.2. The fraction of sp³-hybridized carbons (Fsp3) is 0.111. The minimum atomic E-state index is -0.283. The third-order valence-electron chi connectivity index (χ3n) is 3.77. The van der Waals surface area contributed by atoms with Crippen molar-refractivity contribution in [2.75, 3.05) is 6.54 Å². The largest absolute Gasteiger partial charge is 0.355 e. The van der Waals surface area contributed by atoms with E-state index in [0.29, 0.717) is 18.8 Å². The lowest BCUT2D eigenvalue weighted by molar-refractivity contribution is 0.0943. The fourth-order valence-electron chi connectivity index (χ4n) is 2.45. The molecule has 0 spiro atoms. The maximum absolute atomic E-state index is 12.2. The summed E-state index contributed by atoms with van der Waals surface area (Å²) in [5, 5.41) is 15.2. The molecule has 130 valence electrons. The van der Waals surface area contributed by atoms with Crippen molar-refractivity contribution in [3.8, 4) is 22.6 Å². The highest BCUT2D eigenvalue weighted by molar-refractivity contribution is 7.08. The Balaban J connectivity index is 1.33. The molecule has 8 heteroatoms. The Morgan fingerprint density at radius 2 is 2.23 bits per heavy atom. The van der Waals surface area contributed by atoms with E-state index in [-0.39, 0.29) is 11.6 Å². The van der Waals surface area contributed by atoms with Gasteiger partial charge in [0, 0.05) is 47.7 Å². The van der Waals surface area contributed by atoms with E-state index in [0.717, 1.165) is 16.8 Å². The minimum absolute atomic E-state index is 0.239. The first-order valence-corrected chi connectivity index (χ1v) is 8.95. The van der Waals surface area contributed by atoms with E-state index < -0.39 is 0 Å². The Bertz CT molecular complexity index is 992. The predicted octanol–water partition coefficient (Wildman–Crippen LogP) is 3.09. The van der Waals surface area contributed by atoms with Crippen molar-refractivity contribution in [3.63, 3.8) is 0 Å². The molecule has 4 aromatic rings. The van der Waals surface area contributed by atoms with E-state index in [1.165, 1.54) is 0 Å². The van der Waals surface area contributed by atoms with Crippen LogP contribution in [0.5, 0.6) is 0 Å². The molecule has 0 saturated heterocycles. The topological polar surface area (TPSA) is 85.8 Å². The van der Waals surface area contributed by atoms with Crippen molar-refractivity contribution in [1.82, 2.24) is 25.2 Å². The molecule has 0 fully saturated rings. The third kappa shape index (κ3) is 3.55. The molecule has 1 amide bonds. The zero-order valence-electron chi connectivity index (χ0n) is 13.7. The summed E-state index contributed by atoms with van der Waals surface area (Å²) in [5.74, 6) is 0.227. The van der Waals surface area contributed by atoms with Gasteiger partial charge < -0.3 is 9.84 Å². The second-order valence-corrected chi connectivity index (χ2v) is 6.33. The zero-order valence-corrected chi connectivity index (χ0v) is 14.5. The molecule has 4 heterocycles. The Morgan fingerprint density at radius 1 is 1.27 bits per heavy atom. The van der Waals surface area contributed by atoms with Crippen LogP contribution in [0.2, 0.25) is 0 Å². The first kappa shape index (κ1) is 16.2. The molecule has 7 nitrogen and oxygen atoms in total. The number of thiophene rings is 1. The fourth-order valence-corrected chi connectivity index (χ4v) is 3.10. The lowest BCUT2D eigenvalue weighted by Gasteiger charge is -2.03. The summed E-state index contributed by atoms with van der Waals surface area (Å²) >= 11 is 1.64. The molecular formula is C18H15N5O2S. The van der Waals surface area contributed by atoms with Crippen molar-refractivity contribution >= 4 is 17.2 Å². The Labute approximate surface area is 153 Å². The summed E-state index contributed by atoms with van der Waals surface area (Å²) in [6, 6.07) is 9.24. The summed E-state index contributed by atoms with van der Waals surface area (Å²) in [6.07, 6.45) is 5.23. The summed E-state index contributed by atoms with van der Waals surface area (Å²) in [5.41, 5.74) is 3.04. The Hall–Kier alpha value is -3.26. The van der Waals surface area contributed by atoms with E-state index in [9.17, 15) is 4.79 Å². The molecular weight excluding hydrogens is 350 g/mol. The van der Waals surface area contributed by atoms with Crippen molar-refractivity contribution < 1.29 is 9.32 Å². The second-order valence-electron chi connectivity index (χ2n) is 5.55. The number of pyridine rings is 1. The van der Waals surface area contributed by atoms with Gasteiger partial charge in [-0.2, -0.15) is 16.4 Å². The molecule has 1 N–H and O–H groups in total. The van der Waals surface area contributed by atoms with E-state index in [1.54, 1.807) is 40.5 Å². The van der Waals surface area contributed by atoms with Crippen molar-refractivity contribution in [2.45, 2.75) is 6.54 Å². The Kier molecular flexibility index (Phi) is 4.57. The van der Waals surface area contributed by atoms with Crippen molar-refractivity contribution in [3.05, 3.63) is 65.4 Å². The quantitative estimate of drug-likeness (QED) is 0.567. The van der Waals surface area contributed by atoms with Gasteiger partial charge in [0.05, 0.1) is 12.2 Å². The lowest BCUT2D eigenvalue weighted by Crippen LogP contribution is -2.27. The molecule has 4 aromatic heterocycles. The molecule has 0 aromatic carbocycles. The summed E-state index contributed by atoms with van der Waals surface area (Å²) < 4.78 is 7.02. The molecule has 4 rings (SSSR count). The number of hydrogen-bond acceptors (Lipinski definition) is 6. The molecule has 0 unspecified atom stereocenters. The smallest absolute Gasteiger partial charge is 0.273 e. The van der Waals surface area contributed by atoms with Crippen LogP contribution in [0.15, 0.2) is 64.2 Å². The van der Waals surface area contributed by atoms with Crippen LogP contribution in [0.25, 0.3) is 22.6 Å². The van der Waals surface area contributed by atoms with E-state index in [2.05, 4.69) is 25.9 Å². The van der Waals surface area contributed by atoms with Gasteiger partial charge in [-0.1, -0.05) is 5.16 Å². The number of carbonyl (C=O) groups excluding carboxylic acids is 1. The van der Waals surface area contributed by atoms with Crippen LogP contribution >= 0.6 is 11.3 Å². The van der Waals surface area contributed by atoms with Crippen molar-refractivity contribution in [2.24, 2.45) is 0 Å². The van der Waals surface area contributed by atoms with Crippen LogP contribution in [0, 0.1) is 0 Å². The molecule has 0 radical (unpaired) electrons. The number of rotatable bonds is 6. The third-order valence-corrected chi connectivity index (χ3v) is 4.46. The lowest BCUT2D eigenvalue weighted by atomic mass is 10.2. The molecule has 26 heavy (non-hydrogen) atoms. The minimum Gasteiger partial charge on any atom is -0.355 e. The van der Waals surface area contributed by atoms with Crippen LogP contribution in [-0.4, -0.2) is 32.4 Å². The Morgan fingerprint density at radius 3 is 3.04 bits per heavy atom. The highest BCUT2D eigenvalue weighted by Gasteiger charge is 2.13. The molecule has 0 saturated carbocycles. The number of hydrogen-bond donors (Lipinski definition) is 1. The van der Waals surface area contributed by atoms with Gasteiger partial charge in [0.2, 0.25) is 0 Å². The van der Waals surface area contributed by atoms with E-state index in [1.807, 2.05) is 29.8 Å². The highest BCUT2D eigenvalue weighted by atomic mass is 32.1. The van der Waals surface area contributed by atoms with E-state index in [4.69, 9.17) is 4.52 Å². The predicted molar refractivity (Wildman–Crippen MR) is 97.6 cm³/mol. The number of aromatic nitrogens is 4. The molecule has 0 bridgehead atoms. The summed E-state index contributed by atoms with van der Waals surface area (Å²) in [6.45, 7) is 1.02. The van der Waals surface area contributed by atoms with Gasteiger partial charge in [0.15, 0.2) is 11.5 Å². The van der Waals surface area contributed by atoms with Crippen LogP contribution < -0.4 is 5.32 Å². The molecule has 0 aliphatic heterocycles. The first-order valence-electron chi connectivity index (χ1n) is 8.01. The summed E-state index contributed by atoms with van der Waals surface area (Å²) in [7, 11) is 0. The van der Waals surface area contributed by atoms with Gasteiger partial charge in [-0.15, -0.1) is 0 Å². The summed E-state index contributed by atoms with van der Waals surface area (Å²) in [4.78, 5) is 16.2. The number of nitrogens with zero attached hydrogens (tertiary/aromatic N) is 4. The normalized spacial score (nSPS) is 10.8. The van der Waals surface area contributed by atoms with Gasteiger partial charge in [0.1, 0.15) is 0 Å². The van der Waals surface area contributed by atoms with Gasteiger partial charge in [-0.25, -0.2) is 0 Å². The van der Waals surface area contributed by atoms with Gasteiger partial charge in [0.25, 0.3) is 5.91 Å². The van der Waals surface area contributed by atoms with Gasteiger partial charge >= 0.3 is 0 Å². The first-order chi connectivity index (χ1) is 12.8. The SMILES string of the molecule is O=C(NCCn1ccc(-c2ccsc2)n1)c1cc(-c2cccnc2)on1. The van der Waals surface area contributed by atoms with Crippen molar-refractivity contribution in [1.29, 1.82) is 0 Å². The average molecular weight is 365 g/mol. The van der Waals surface area contributed by atoms with Crippen LogP contribution in [-0.2, 0) is 6.54 Å². The van der Waals surface area contributed by atoms with Gasteiger partial charge in [-0.3, -0.25) is 14.5 Å². The monoisotopic (exact) mass is 365 g/mol. The second kappa shape index (κ2) is 7.32. The molecule has 0 aliphatic carbocycles. The highest BCUT2D eigenvalue weighted by Crippen LogP contribution is 2.20. The maximum Gasteiger partial charge on any atom is 0.273 e. The van der Waals surface area contributed by atoms with E-state index >= 15 is 0 Å². The molecule has 0 atom stereocenters. The number of amides is 1. The standard InChI is InChI=1S/C18H15N5O2S/c24-18(16-10-17(25-22-16)13-2-1-5-19-11-13)20-6-8-23-7-3-15(21-23)14-4-9-26-12-14/h1-5,7,9-12H,6,8H2,(H,20,24). The number of nitrogens with one attached hydrogen (secondary N) is 1. The van der Waals surface area contributed by atoms with Crippen LogP contribution in [0.4, 0.5) is 0 Å².